The third-order valence-corrected chi connectivity index (χ3v) is 0. The Morgan fingerprint density at radius 3 is 1.50 bits per heavy atom. The van der Waals surface area contributed by atoms with Gasteiger partial charge >= 0.3 is 18.9 Å². The summed E-state index contributed by atoms with van der Waals surface area (Å²) in [5, 5.41) is 0. The number of halogens is 1. The molecule has 0 saturated carbocycles. The molecule has 0 saturated heterocycles. The minimum absolute atomic E-state index is 0. The van der Waals surface area contributed by atoms with E-state index in [0.717, 1.165) is 0 Å². The van der Waals surface area contributed by atoms with Gasteiger partial charge in [0.1, 0.15) is 0 Å². The van der Waals surface area contributed by atoms with Gasteiger partial charge in [0.2, 0.25) is 0 Å². The van der Waals surface area contributed by atoms with Gasteiger partial charge < -0.3 is 4.55 Å². The fraction of sp³-hybridized carbons (Fsp3) is 0. The van der Waals surface area contributed by atoms with Crippen LogP contribution in [0.5, 0.6) is 0 Å². The van der Waals surface area contributed by atoms with Gasteiger partial charge in [-0.15, -0.1) is 3.89 Å². The van der Waals surface area contributed by atoms with Crippen molar-refractivity contribution >= 4 is 10.5 Å². The van der Waals surface area contributed by atoms with Gasteiger partial charge in [0.15, 0.2) is 0 Å². The summed E-state index contributed by atoms with van der Waals surface area (Å²) in [6.45, 7) is 0. The summed E-state index contributed by atoms with van der Waals surface area (Å²) in [7, 11) is -5.42. The fourth-order valence-electron chi connectivity index (χ4n) is 0. The van der Waals surface area contributed by atoms with Crippen LogP contribution in [-0.4, -0.2) is 13.0 Å². The van der Waals surface area contributed by atoms with E-state index in [1.54, 1.807) is 0 Å². The molecular formula is FLiO3S. The van der Waals surface area contributed by atoms with Crippen LogP contribution in [0, 0.1) is 0 Å². The van der Waals surface area contributed by atoms with E-state index in [4.69, 9.17) is 13.0 Å². The molecule has 0 bridgehead atoms. The molecule has 0 amide bonds. The van der Waals surface area contributed by atoms with Crippen LogP contribution in [0.15, 0.2) is 0 Å². The molecule has 3 nitrogen and oxygen atoms in total. The van der Waals surface area contributed by atoms with Crippen molar-refractivity contribution in [2.24, 2.45) is 0 Å². The van der Waals surface area contributed by atoms with Crippen molar-refractivity contribution in [2.75, 3.05) is 0 Å². The predicted octanol–water partition coefficient (Wildman–Crippen LogP) is -3.58. The maximum absolute atomic E-state index is 10.1. The molecule has 0 aliphatic rings. The molecule has 0 atom stereocenters. The first-order valence-corrected chi connectivity index (χ1v) is 1.96. The molecule has 0 aliphatic carbocycles. The van der Waals surface area contributed by atoms with E-state index in [-0.39, 0.29) is 18.9 Å². The molecule has 0 radical (unpaired) electrons. The molecule has 0 aromatic heterocycles. The normalized spacial score (nSPS) is 9.67. The van der Waals surface area contributed by atoms with Crippen molar-refractivity contribution in [3.8, 4) is 0 Å². The maximum Gasteiger partial charge on any atom is 1.00 e. The number of hydrogen-bond donors (Lipinski definition) is 0. The minimum atomic E-state index is -5.42. The third kappa shape index (κ3) is 274. The predicted molar refractivity (Wildman–Crippen MR) is 10.8 cm³/mol. The van der Waals surface area contributed by atoms with Gasteiger partial charge in [-0.1, -0.05) is 0 Å². The standard InChI is InChI=1S/FHO3S.Li/c1-5(2,3)4;/h(H,2,3,4);/q;+1/p-1. The van der Waals surface area contributed by atoms with E-state index in [1.165, 1.54) is 0 Å². The summed E-state index contributed by atoms with van der Waals surface area (Å²) in [6.07, 6.45) is 0. The second-order valence-corrected chi connectivity index (χ2v) is 1.18. The van der Waals surface area contributed by atoms with Gasteiger partial charge in [0.25, 0.3) is 10.5 Å². The Morgan fingerprint density at radius 2 is 1.50 bits per heavy atom. The SMILES string of the molecule is O=S(=O)([O-])F.[Li+]. The van der Waals surface area contributed by atoms with Gasteiger partial charge in [0, 0.05) is 0 Å². The van der Waals surface area contributed by atoms with Crippen molar-refractivity contribution in [3.05, 3.63) is 0 Å². The maximum atomic E-state index is 10.1. The Labute approximate surface area is 46.8 Å². The first-order chi connectivity index (χ1) is 2.00. The monoisotopic (exact) mass is 106 g/mol. The molecule has 0 aliphatic heterocycles. The molecule has 0 unspecified atom stereocenters. The molecule has 0 heterocycles. The molecule has 6 heteroatoms. The summed E-state index contributed by atoms with van der Waals surface area (Å²) in [6, 6.07) is 0. The van der Waals surface area contributed by atoms with Crippen LogP contribution in [0.25, 0.3) is 0 Å². The smallest absolute Gasteiger partial charge is 0.722 e. The molecular weight excluding hydrogens is 106 g/mol. The quantitative estimate of drug-likeness (QED) is 0.182. The van der Waals surface area contributed by atoms with Gasteiger partial charge in [-0.05, 0) is 0 Å². The van der Waals surface area contributed by atoms with Crippen molar-refractivity contribution in [1.29, 1.82) is 0 Å². The first kappa shape index (κ1) is 9.67. The van der Waals surface area contributed by atoms with Gasteiger partial charge in [0.05, 0.1) is 0 Å². The third-order valence-electron chi connectivity index (χ3n) is 0. The van der Waals surface area contributed by atoms with E-state index in [0.29, 0.717) is 0 Å². The molecule has 0 aromatic rings. The molecule has 6 heavy (non-hydrogen) atoms. The number of hydrogen-bond acceptors (Lipinski definition) is 3. The van der Waals surface area contributed by atoms with E-state index >= 15 is 0 Å². The Balaban J connectivity index is 0. The largest absolute Gasteiger partial charge is 1.00 e. The minimum Gasteiger partial charge on any atom is -0.722 e. The van der Waals surface area contributed by atoms with Crippen molar-refractivity contribution < 1.29 is 35.7 Å². The zero-order valence-electron chi connectivity index (χ0n) is 3.01. The van der Waals surface area contributed by atoms with Gasteiger partial charge in [-0.25, -0.2) is 8.42 Å². The Hall–Kier alpha value is 0.437. The van der Waals surface area contributed by atoms with Crippen molar-refractivity contribution in [2.45, 2.75) is 0 Å². The molecule has 0 aromatic carbocycles. The zero-order valence-corrected chi connectivity index (χ0v) is 3.83. The first-order valence-electron chi connectivity index (χ1n) is 0.654. The second-order valence-electron chi connectivity index (χ2n) is 0.393. The summed E-state index contributed by atoms with van der Waals surface area (Å²) in [4.78, 5) is 0. The van der Waals surface area contributed by atoms with Crippen LogP contribution >= 0.6 is 0 Å². The average Bonchev–Trinajstić information content (AvgIpc) is 0.722. The summed E-state index contributed by atoms with van der Waals surface area (Å²) >= 11 is 0. The van der Waals surface area contributed by atoms with Gasteiger partial charge in [-0.2, -0.15) is 0 Å². The summed E-state index contributed by atoms with van der Waals surface area (Å²) in [5.74, 6) is 0. The van der Waals surface area contributed by atoms with E-state index in [9.17, 15) is 3.89 Å². The Kier molecular flexibility index (Phi) is 4.16. The van der Waals surface area contributed by atoms with E-state index < -0.39 is 10.5 Å². The van der Waals surface area contributed by atoms with Crippen LogP contribution in [0.1, 0.15) is 0 Å². The van der Waals surface area contributed by atoms with Crippen LogP contribution in [0.4, 0.5) is 3.89 Å². The molecule has 0 rings (SSSR count). The molecule has 0 spiro atoms. The fourth-order valence-corrected chi connectivity index (χ4v) is 0. The summed E-state index contributed by atoms with van der Waals surface area (Å²) < 4.78 is 35.3. The Bertz CT molecular complexity index is 94.0. The van der Waals surface area contributed by atoms with Crippen LogP contribution < -0.4 is 18.9 Å². The molecule has 0 fully saturated rings. The van der Waals surface area contributed by atoms with Crippen molar-refractivity contribution in [1.82, 2.24) is 0 Å². The van der Waals surface area contributed by atoms with E-state index in [2.05, 4.69) is 0 Å². The van der Waals surface area contributed by atoms with E-state index in [1.807, 2.05) is 0 Å². The number of rotatable bonds is 0. The topological polar surface area (TPSA) is 57.2 Å². The van der Waals surface area contributed by atoms with Crippen molar-refractivity contribution in [3.63, 3.8) is 0 Å². The summed E-state index contributed by atoms with van der Waals surface area (Å²) in [5.41, 5.74) is 0. The van der Waals surface area contributed by atoms with Crippen LogP contribution in [-0.2, 0) is 10.5 Å². The Morgan fingerprint density at radius 1 is 1.50 bits per heavy atom. The van der Waals surface area contributed by atoms with Crippen LogP contribution in [0.2, 0.25) is 0 Å². The van der Waals surface area contributed by atoms with Crippen LogP contribution in [0.3, 0.4) is 0 Å². The average molecular weight is 106 g/mol. The molecule has 0 N–H and O–H groups in total. The second kappa shape index (κ2) is 2.58. The van der Waals surface area contributed by atoms with Gasteiger partial charge in [-0.3, -0.25) is 0 Å². The zero-order chi connectivity index (χ0) is 4.50. The molecule has 32 valence electrons.